The minimum atomic E-state index is 0.800. The first-order chi connectivity index (χ1) is 6.54. The largest absolute Gasteiger partial charge is 0.0875 e. The van der Waals surface area contributed by atoms with Crippen LogP contribution in [-0.4, -0.2) is 0 Å². The second-order valence-electron chi connectivity index (χ2n) is 2.48. The van der Waals surface area contributed by atoms with Gasteiger partial charge in [0, 0.05) is 28.6 Å². The zero-order valence-corrected chi connectivity index (χ0v) is 16.2. The lowest BCUT2D eigenvalue weighted by molar-refractivity contribution is 1.25. The number of benzene rings is 1. The molecule has 0 N–H and O–H groups in total. The number of alkyl halides is 2. The zero-order chi connectivity index (χ0) is 10.9. The summed E-state index contributed by atoms with van der Waals surface area (Å²) in [6.07, 6.45) is 0. The average molecular weight is 580 g/mol. The predicted molar refractivity (Wildman–Crippen MR) is 82.5 cm³/mol. The molecule has 0 aliphatic heterocycles. The number of halogens is 6. The van der Waals surface area contributed by atoms with Gasteiger partial charge in [0.05, 0.1) is 0 Å². The lowest BCUT2D eigenvalue weighted by atomic mass is 10.2. The fourth-order valence-corrected chi connectivity index (χ4v) is 6.43. The summed E-state index contributed by atoms with van der Waals surface area (Å²) in [5, 5.41) is 1.60. The van der Waals surface area contributed by atoms with Gasteiger partial charge in [-0.15, -0.1) is 0 Å². The number of hydrogen-bond donors (Lipinski definition) is 0. The van der Waals surface area contributed by atoms with Crippen molar-refractivity contribution < 1.29 is 0 Å². The topological polar surface area (TPSA) is 0 Å². The molecule has 0 aromatic heterocycles. The molecule has 0 nitrogen and oxygen atoms in total. The highest BCUT2D eigenvalue weighted by atomic mass is 79.9. The Labute approximate surface area is 133 Å². The highest BCUT2D eigenvalue weighted by Gasteiger charge is 2.17. The Hall–Kier alpha value is 2.10. The van der Waals surface area contributed by atoms with Gasteiger partial charge in [-0.1, -0.05) is 31.9 Å². The molecular weight excluding hydrogens is 576 g/mol. The Morgan fingerprint density at radius 3 is 0.929 bits per heavy atom. The van der Waals surface area contributed by atoms with Gasteiger partial charge >= 0.3 is 0 Å². The summed E-state index contributed by atoms with van der Waals surface area (Å²) in [6.45, 7) is 0. The molecule has 1 aromatic carbocycles. The van der Waals surface area contributed by atoms with Crippen LogP contribution in [-0.2, 0) is 10.7 Å². The Bertz CT molecular complexity index is 295. The van der Waals surface area contributed by atoms with Crippen LogP contribution in [0.4, 0.5) is 0 Å². The lowest BCUT2D eigenvalue weighted by Gasteiger charge is -2.13. The van der Waals surface area contributed by atoms with Crippen LogP contribution in [0.25, 0.3) is 0 Å². The lowest BCUT2D eigenvalue weighted by Crippen LogP contribution is -1.93. The molecule has 0 spiro atoms. The van der Waals surface area contributed by atoms with Crippen molar-refractivity contribution >= 4 is 95.6 Å². The van der Waals surface area contributed by atoms with E-state index in [4.69, 9.17) is 0 Å². The van der Waals surface area contributed by atoms with Gasteiger partial charge in [-0.2, -0.15) is 0 Å². The molecule has 0 amide bonds. The van der Waals surface area contributed by atoms with Crippen LogP contribution in [0.15, 0.2) is 17.9 Å². The van der Waals surface area contributed by atoms with Crippen molar-refractivity contribution in [2.24, 2.45) is 0 Å². The first-order valence-corrected chi connectivity index (χ1v) is 8.91. The molecule has 6 heteroatoms. The standard InChI is InChI=1S/C8H4Br6/c9-1-3-5(11)7(13)4(2-10)8(14)6(3)12/h1-2H2. The van der Waals surface area contributed by atoms with E-state index < -0.39 is 0 Å². The van der Waals surface area contributed by atoms with Gasteiger partial charge < -0.3 is 0 Å². The fourth-order valence-electron chi connectivity index (χ4n) is 0.957. The summed E-state index contributed by atoms with van der Waals surface area (Å²) in [5.74, 6) is 0. The van der Waals surface area contributed by atoms with Crippen molar-refractivity contribution in [3.63, 3.8) is 0 Å². The van der Waals surface area contributed by atoms with E-state index in [1.54, 1.807) is 0 Å². The first-order valence-electron chi connectivity index (χ1n) is 3.50. The van der Waals surface area contributed by atoms with Crippen LogP contribution in [0.1, 0.15) is 11.1 Å². The third kappa shape index (κ3) is 2.67. The average Bonchev–Trinajstić information content (AvgIpc) is 2.17. The predicted octanol–water partition coefficient (Wildman–Crippen LogP) is 6.53. The zero-order valence-electron chi connectivity index (χ0n) is 6.68. The van der Waals surface area contributed by atoms with Crippen LogP contribution in [0, 0.1) is 0 Å². The smallest absolute Gasteiger partial charge is 0.0373 e. The van der Waals surface area contributed by atoms with Gasteiger partial charge in [0.1, 0.15) is 0 Å². The quantitative estimate of drug-likeness (QED) is 0.276. The Kier molecular flexibility index (Phi) is 6.22. The normalized spacial score (nSPS) is 10.7. The monoisotopic (exact) mass is 574 g/mol. The van der Waals surface area contributed by atoms with E-state index in [9.17, 15) is 0 Å². The number of rotatable bonds is 2. The van der Waals surface area contributed by atoms with E-state index in [2.05, 4.69) is 95.6 Å². The maximum atomic E-state index is 3.57. The molecule has 1 rings (SSSR count). The van der Waals surface area contributed by atoms with Crippen molar-refractivity contribution in [1.29, 1.82) is 0 Å². The van der Waals surface area contributed by atoms with Crippen molar-refractivity contribution in [3.8, 4) is 0 Å². The second kappa shape index (κ2) is 6.15. The van der Waals surface area contributed by atoms with Crippen LogP contribution < -0.4 is 0 Å². The van der Waals surface area contributed by atoms with Gasteiger partial charge in [-0.3, -0.25) is 0 Å². The van der Waals surface area contributed by atoms with Gasteiger partial charge in [0.15, 0.2) is 0 Å². The molecule has 0 heterocycles. The molecule has 0 radical (unpaired) electrons. The van der Waals surface area contributed by atoms with Crippen LogP contribution in [0.5, 0.6) is 0 Å². The summed E-state index contributed by atoms with van der Waals surface area (Å²) >= 11 is 21.2. The summed E-state index contributed by atoms with van der Waals surface area (Å²) in [4.78, 5) is 0. The van der Waals surface area contributed by atoms with Gasteiger partial charge in [-0.05, 0) is 74.8 Å². The maximum Gasteiger partial charge on any atom is 0.0373 e. The van der Waals surface area contributed by atoms with Crippen molar-refractivity contribution in [2.75, 3.05) is 0 Å². The molecule has 0 unspecified atom stereocenters. The van der Waals surface area contributed by atoms with E-state index >= 15 is 0 Å². The van der Waals surface area contributed by atoms with Crippen molar-refractivity contribution in [3.05, 3.63) is 29.0 Å². The van der Waals surface area contributed by atoms with Crippen molar-refractivity contribution in [1.82, 2.24) is 0 Å². The molecule has 0 saturated carbocycles. The minimum Gasteiger partial charge on any atom is -0.0875 e. The third-order valence-corrected chi connectivity index (χ3v) is 7.40. The second-order valence-corrected chi connectivity index (χ2v) is 6.77. The van der Waals surface area contributed by atoms with Crippen LogP contribution in [0.3, 0.4) is 0 Å². The molecular formula is C8H4Br6. The molecule has 0 saturated heterocycles. The molecule has 1 aromatic rings. The summed E-state index contributed by atoms with van der Waals surface area (Å²) in [6, 6.07) is 0. The Balaban J connectivity index is 3.55. The Morgan fingerprint density at radius 1 is 0.571 bits per heavy atom. The van der Waals surface area contributed by atoms with Gasteiger partial charge in [-0.25, -0.2) is 0 Å². The Morgan fingerprint density at radius 2 is 0.786 bits per heavy atom. The summed E-state index contributed by atoms with van der Waals surface area (Å²) in [7, 11) is 0. The highest BCUT2D eigenvalue weighted by molar-refractivity contribution is 9.14. The van der Waals surface area contributed by atoms with Gasteiger partial charge in [0.25, 0.3) is 0 Å². The summed E-state index contributed by atoms with van der Waals surface area (Å²) in [5.41, 5.74) is 2.38. The molecule has 0 aliphatic rings. The molecule has 78 valence electrons. The van der Waals surface area contributed by atoms with Crippen molar-refractivity contribution in [2.45, 2.75) is 10.7 Å². The maximum absolute atomic E-state index is 3.57. The minimum absolute atomic E-state index is 0.800. The molecule has 0 atom stereocenters. The van der Waals surface area contributed by atoms with Crippen LogP contribution in [0.2, 0.25) is 0 Å². The number of hydrogen-bond acceptors (Lipinski definition) is 0. The first kappa shape index (κ1) is 14.2. The van der Waals surface area contributed by atoms with E-state index in [-0.39, 0.29) is 0 Å². The van der Waals surface area contributed by atoms with E-state index in [1.165, 1.54) is 11.1 Å². The molecule has 0 fully saturated rings. The fraction of sp³-hybridized carbons (Fsp3) is 0.250. The van der Waals surface area contributed by atoms with E-state index in [0.29, 0.717) is 0 Å². The van der Waals surface area contributed by atoms with E-state index in [1.807, 2.05) is 0 Å². The van der Waals surface area contributed by atoms with Crippen LogP contribution >= 0.6 is 95.6 Å². The molecule has 0 aliphatic carbocycles. The molecule has 14 heavy (non-hydrogen) atoms. The summed E-state index contributed by atoms with van der Waals surface area (Å²) < 4.78 is 4.33. The van der Waals surface area contributed by atoms with Gasteiger partial charge in [0.2, 0.25) is 0 Å². The van der Waals surface area contributed by atoms with E-state index in [0.717, 1.165) is 28.6 Å². The molecule has 0 bridgehead atoms. The highest BCUT2D eigenvalue weighted by Crippen LogP contribution is 2.43. The SMILES string of the molecule is BrCc1c(Br)c(Br)c(CBr)c(Br)c1Br. The third-order valence-electron chi connectivity index (χ3n) is 1.71.